The molecule has 1 aromatic carbocycles. The van der Waals surface area contributed by atoms with Crippen LogP contribution in [0.15, 0.2) is 30.3 Å². The maximum atomic E-state index is 11.2. The number of nitrogens with zero attached hydrogens (tertiary/aromatic N) is 1. The van der Waals surface area contributed by atoms with Gasteiger partial charge in [0.1, 0.15) is 0 Å². The zero-order valence-electron chi connectivity index (χ0n) is 9.98. The third-order valence-electron chi connectivity index (χ3n) is 2.37. The molecule has 1 rings (SSSR count). The average molecular weight is 221 g/mol. The molecule has 0 aliphatic carbocycles. The first-order chi connectivity index (χ1) is 7.76. The third-order valence-corrected chi connectivity index (χ3v) is 2.37. The van der Waals surface area contributed by atoms with Crippen molar-refractivity contribution in [2.45, 2.75) is 19.9 Å². The van der Waals surface area contributed by atoms with Crippen molar-refractivity contribution < 1.29 is 9.53 Å². The van der Waals surface area contributed by atoms with E-state index in [9.17, 15) is 4.79 Å². The Morgan fingerprint density at radius 3 is 2.56 bits per heavy atom. The molecule has 3 nitrogen and oxygen atoms in total. The normalized spacial score (nSPS) is 10.4. The summed E-state index contributed by atoms with van der Waals surface area (Å²) in [7, 11) is 1.43. The standard InChI is InChI=1S/C13H19NO2/c1-3-9-14(11-13(15)16-2)10-12-7-5-4-6-8-12/h4-8H,3,9-11H2,1-2H3. The Bertz CT molecular complexity index is 311. The molecular weight excluding hydrogens is 202 g/mol. The van der Waals surface area contributed by atoms with Crippen molar-refractivity contribution in [2.75, 3.05) is 20.2 Å². The molecule has 0 heterocycles. The summed E-state index contributed by atoms with van der Waals surface area (Å²) in [5, 5.41) is 0. The molecule has 3 heteroatoms. The zero-order chi connectivity index (χ0) is 11.8. The van der Waals surface area contributed by atoms with Crippen molar-refractivity contribution in [1.82, 2.24) is 4.90 Å². The molecule has 0 fully saturated rings. The van der Waals surface area contributed by atoms with Crippen LogP contribution in [-0.2, 0) is 16.1 Å². The number of hydrogen-bond acceptors (Lipinski definition) is 3. The average Bonchev–Trinajstić information content (AvgIpc) is 2.30. The molecule has 88 valence electrons. The summed E-state index contributed by atoms with van der Waals surface area (Å²) in [4.78, 5) is 13.3. The van der Waals surface area contributed by atoms with Gasteiger partial charge in [-0.05, 0) is 18.5 Å². The van der Waals surface area contributed by atoms with E-state index in [4.69, 9.17) is 0 Å². The van der Waals surface area contributed by atoms with Gasteiger partial charge in [-0.3, -0.25) is 9.69 Å². The predicted molar refractivity (Wildman–Crippen MR) is 64.0 cm³/mol. The molecule has 0 saturated heterocycles. The number of carbonyl (C=O) groups is 1. The monoisotopic (exact) mass is 221 g/mol. The van der Waals surface area contributed by atoms with Gasteiger partial charge in [0.15, 0.2) is 0 Å². The van der Waals surface area contributed by atoms with Crippen LogP contribution in [-0.4, -0.2) is 31.1 Å². The van der Waals surface area contributed by atoms with Crippen LogP contribution in [0, 0.1) is 0 Å². The van der Waals surface area contributed by atoms with Crippen molar-refractivity contribution >= 4 is 5.97 Å². The van der Waals surface area contributed by atoms with E-state index in [1.54, 1.807) is 0 Å². The highest BCUT2D eigenvalue weighted by Gasteiger charge is 2.10. The fourth-order valence-electron chi connectivity index (χ4n) is 1.62. The first-order valence-corrected chi connectivity index (χ1v) is 5.59. The molecular formula is C13H19NO2. The van der Waals surface area contributed by atoms with Crippen LogP contribution in [0.5, 0.6) is 0 Å². The van der Waals surface area contributed by atoms with Crippen LogP contribution in [0.1, 0.15) is 18.9 Å². The lowest BCUT2D eigenvalue weighted by Crippen LogP contribution is -2.30. The van der Waals surface area contributed by atoms with E-state index < -0.39 is 0 Å². The molecule has 0 radical (unpaired) electrons. The van der Waals surface area contributed by atoms with Crippen LogP contribution >= 0.6 is 0 Å². The van der Waals surface area contributed by atoms with E-state index in [-0.39, 0.29) is 5.97 Å². The van der Waals surface area contributed by atoms with Crippen molar-refractivity contribution in [1.29, 1.82) is 0 Å². The maximum absolute atomic E-state index is 11.2. The molecule has 16 heavy (non-hydrogen) atoms. The molecule has 0 unspecified atom stereocenters. The molecule has 0 atom stereocenters. The number of carbonyl (C=O) groups excluding carboxylic acids is 1. The molecule has 0 amide bonds. The Kier molecular flexibility index (Phi) is 5.57. The summed E-state index contributed by atoms with van der Waals surface area (Å²) in [6, 6.07) is 10.2. The lowest BCUT2D eigenvalue weighted by Gasteiger charge is -2.20. The van der Waals surface area contributed by atoms with Gasteiger partial charge in [0.05, 0.1) is 13.7 Å². The first kappa shape index (κ1) is 12.7. The molecule has 0 bridgehead atoms. The SMILES string of the molecule is CCCN(CC(=O)OC)Cc1ccccc1. The number of benzene rings is 1. The summed E-state index contributed by atoms with van der Waals surface area (Å²) in [6.45, 7) is 4.17. The second-order valence-electron chi connectivity index (χ2n) is 3.77. The largest absolute Gasteiger partial charge is 0.468 e. The van der Waals surface area contributed by atoms with Crippen LogP contribution in [0.3, 0.4) is 0 Å². The fourth-order valence-corrected chi connectivity index (χ4v) is 1.62. The topological polar surface area (TPSA) is 29.5 Å². The number of ether oxygens (including phenoxy) is 1. The van der Waals surface area contributed by atoms with E-state index in [0.717, 1.165) is 19.5 Å². The summed E-state index contributed by atoms with van der Waals surface area (Å²) >= 11 is 0. The summed E-state index contributed by atoms with van der Waals surface area (Å²) in [5.41, 5.74) is 1.22. The van der Waals surface area contributed by atoms with Gasteiger partial charge < -0.3 is 4.74 Å². The molecule has 0 N–H and O–H groups in total. The highest BCUT2D eigenvalue weighted by molar-refractivity contribution is 5.71. The Labute approximate surface area is 97.0 Å². The van der Waals surface area contributed by atoms with Crippen LogP contribution in [0.2, 0.25) is 0 Å². The number of esters is 1. The van der Waals surface area contributed by atoms with Gasteiger partial charge >= 0.3 is 5.97 Å². The predicted octanol–water partition coefficient (Wildman–Crippen LogP) is 2.07. The smallest absolute Gasteiger partial charge is 0.319 e. The summed E-state index contributed by atoms with van der Waals surface area (Å²) in [5.74, 6) is -0.176. The Morgan fingerprint density at radius 1 is 1.31 bits per heavy atom. The van der Waals surface area contributed by atoms with Gasteiger partial charge in [0.25, 0.3) is 0 Å². The van der Waals surface area contributed by atoms with Crippen molar-refractivity contribution in [3.8, 4) is 0 Å². The number of methoxy groups -OCH3 is 1. The highest BCUT2D eigenvalue weighted by Crippen LogP contribution is 2.05. The van der Waals surface area contributed by atoms with Gasteiger partial charge in [-0.25, -0.2) is 0 Å². The lowest BCUT2D eigenvalue weighted by molar-refractivity contribution is -0.142. The summed E-state index contributed by atoms with van der Waals surface area (Å²) in [6.07, 6.45) is 1.03. The molecule has 1 aromatic rings. The van der Waals surface area contributed by atoms with Crippen molar-refractivity contribution in [3.63, 3.8) is 0 Å². The minimum atomic E-state index is -0.176. The second kappa shape index (κ2) is 7.01. The van der Waals surface area contributed by atoms with E-state index in [1.165, 1.54) is 12.7 Å². The maximum Gasteiger partial charge on any atom is 0.319 e. The van der Waals surface area contributed by atoms with Gasteiger partial charge in [0, 0.05) is 6.54 Å². The van der Waals surface area contributed by atoms with Crippen LogP contribution in [0.4, 0.5) is 0 Å². The van der Waals surface area contributed by atoms with E-state index in [2.05, 4.69) is 28.7 Å². The fraction of sp³-hybridized carbons (Fsp3) is 0.462. The van der Waals surface area contributed by atoms with Crippen molar-refractivity contribution in [3.05, 3.63) is 35.9 Å². The number of rotatable bonds is 6. The van der Waals surface area contributed by atoms with Gasteiger partial charge in [-0.15, -0.1) is 0 Å². The second-order valence-corrected chi connectivity index (χ2v) is 3.77. The molecule has 0 aliphatic heterocycles. The highest BCUT2D eigenvalue weighted by atomic mass is 16.5. The molecule has 0 spiro atoms. The summed E-state index contributed by atoms with van der Waals surface area (Å²) < 4.78 is 4.68. The Morgan fingerprint density at radius 2 is 2.00 bits per heavy atom. The Balaban J connectivity index is 2.54. The van der Waals surface area contributed by atoms with E-state index in [0.29, 0.717) is 6.54 Å². The molecule has 0 aromatic heterocycles. The molecule has 0 aliphatic rings. The zero-order valence-corrected chi connectivity index (χ0v) is 9.98. The Hall–Kier alpha value is -1.35. The third kappa shape index (κ3) is 4.45. The quantitative estimate of drug-likeness (QED) is 0.689. The minimum absolute atomic E-state index is 0.176. The van der Waals surface area contributed by atoms with Crippen LogP contribution < -0.4 is 0 Å². The molecule has 0 saturated carbocycles. The van der Waals surface area contributed by atoms with Crippen molar-refractivity contribution in [2.24, 2.45) is 0 Å². The minimum Gasteiger partial charge on any atom is -0.468 e. The van der Waals surface area contributed by atoms with E-state index >= 15 is 0 Å². The van der Waals surface area contributed by atoms with Gasteiger partial charge in [-0.2, -0.15) is 0 Å². The van der Waals surface area contributed by atoms with Gasteiger partial charge in [0.2, 0.25) is 0 Å². The van der Waals surface area contributed by atoms with Crippen LogP contribution in [0.25, 0.3) is 0 Å². The lowest BCUT2D eigenvalue weighted by atomic mass is 10.2. The van der Waals surface area contributed by atoms with E-state index in [1.807, 2.05) is 18.2 Å². The number of hydrogen-bond donors (Lipinski definition) is 0. The van der Waals surface area contributed by atoms with Gasteiger partial charge in [-0.1, -0.05) is 37.3 Å². The first-order valence-electron chi connectivity index (χ1n) is 5.59.